The number of amides is 2. The van der Waals surface area contributed by atoms with Gasteiger partial charge in [-0.1, -0.05) is 48.5 Å². The number of rotatable bonds is 4. The average Bonchev–Trinajstić information content (AvgIpc) is 3.11. The number of para-hydroxylation sites is 1. The molecule has 0 spiro atoms. The predicted molar refractivity (Wildman–Crippen MR) is 111 cm³/mol. The second-order valence-corrected chi connectivity index (χ2v) is 8.15. The van der Waals surface area contributed by atoms with Crippen LogP contribution in [0, 0.1) is 18.8 Å². The summed E-state index contributed by atoms with van der Waals surface area (Å²) in [5.41, 5.74) is 3.39. The van der Waals surface area contributed by atoms with Crippen molar-refractivity contribution < 1.29 is 9.59 Å². The second kappa shape index (κ2) is 8.17. The highest BCUT2D eigenvalue weighted by molar-refractivity contribution is 6.00. The monoisotopic (exact) mass is 376 g/mol. The lowest BCUT2D eigenvalue weighted by atomic mass is 9.89. The SMILES string of the molecule is Cc1ccccc1N1C[C@H](C(=O)N2CCC(Cc3ccccc3)CC2)CC1=O. The van der Waals surface area contributed by atoms with Gasteiger partial charge in [0.1, 0.15) is 0 Å². The number of hydrogen-bond donors (Lipinski definition) is 0. The van der Waals surface area contributed by atoms with E-state index in [9.17, 15) is 9.59 Å². The second-order valence-electron chi connectivity index (χ2n) is 8.15. The van der Waals surface area contributed by atoms with E-state index in [4.69, 9.17) is 0 Å². The first kappa shape index (κ1) is 18.7. The molecule has 2 aromatic rings. The van der Waals surface area contributed by atoms with E-state index in [1.807, 2.05) is 42.2 Å². The van der Waals surface area contributed by atoms with E-state index < -0.39 is 0 Å². The topological polar surface area (TPSA) is 40.6 Å². The minimum Gasteiger partial charge on any atom is -0.342 e. The molecule has 4 heteroatoms. The molecule has 0 aliphatic carbocycles. The Morgan fingerprint density at radius 2 is 1.68 bits per heavy atom. The zero-order valence-corrected chi connectivity index (χ0v) is 16.5. The van der Waals surface area contributed by atoms with Crippen LogP contribution in [0.25, 0.3) is 0 Å². The molecule has 0 unspecified atom stereocenters. The van der Waals surface area contributed by atoms with Crippen LogP contribution in [0.4, 0.5) is 5.69 Å². The fourth-order valence-corrected chi connectivity index (χ4v) is 4.54. The van der Waals surface area contributed by atoms with Crippen LogP contribution in [0.3, 0.4) is 0 Å². The van der Waals surface area contributed by atoms with Crippen LogP contribution in [-0.4, -0.2) is 36.3 Å². The highest BCUT2D eigenvalue weighted by Crippen LogP contribution is 2.30. The molecule has 2 aliphatic heterocycles. The number of carbonyl (C=O) groups is 2. The highest BCUT2D eigenvalue weighted by atomic mass is 16.2. The van der Waals surface area contributed by atoms with Crippen molar-refractivity contribution in [2.75, 3.05) is 24.5 Å². The number of nitrogens with zero attached hydrogens (tertiary/aromatic N) is 2. The van der Waals surface area contributed by atoms with E-state index >= 15 is 0 Å². The van der Waals surface area contributed by atoms with Crippen LogP contribution in [0.5, 0.6) is 0 Å². The Morgan fingerprint density at radius 1 is 1.00 bits per heavy atom. The summed E-state index contributed by atoms with van der Waals surface area (Å²) in [7, 11) is 0. The van der Waals surface area contributed by atoms with Crippen molar-refractivity contribution in [1.82, 2.24) is 4.90 Å². The van der Waals surface area contributed by atoms with Crippen molar-refractivity contribution in [3.63, 3.8) is 0 Å². The van der Waals surface area contributed by atoms with Crippen molar-refractivity contribution in [1.29, 1.82) is 0 Å². The molecule has 0 aromatic heterocycles. The average molecular weight is 377 g/mol. The number of hydrogen-bond acceptors (Lipinski definition) is 2. The van der Waals surface area contributed by atoms with Gasteiger partial charge in [0.05, 0.1) is 5.92 Å². The van der Waals surface area contributed by atoms with E-state index in [0.717, 1.165) is 43.6 Å². The van der Waals surface area contributed by atoms with Gasteiger partial charge in [-0.05, 0) is 49.3 Å². The van der Waals surface area contributed by atoms with Crippen LogP contribution in [0.2, 0.25) is 0 Å². The molecule has 2 aliphatic rings. The summed E-state index contributed by atoms with van der Waals surface area (Å²) in [6, 6.07) is 18.5. The number of likely N-dealkylation sites (tertiary alicyclic amines) is 1. The minimum atomic E-state index is -0.210. The van der Waals surface area contributed by atoms with Gasteiger partial charge in [0.15, 0.2) is 0 Å². The van der Waals surface area contributed by atoms with Crippen LogP contribution in [-0.2, 0) is 16.0 Å². The Balaban J connectivity index is 1.33. The first-order chi connectivity index (χ1) is 13.6. The van der Waals surface area contributed by atoms with Gasteiger partial charge in [-0.25, -0.2) is 0 Å². The number of piperidine rings is 1. The van der Waals surface area contributed by atoms with Crippen molar-refractivity contribution in [2.45, 2.75) is 32.6 Å². The smallest absolute Gasteiger partial charge is 0.228 e. The maximum Gasteiger partial charge on any atom is 0.228 e. The number of benzene rings is 2. The van der Waals surface area contributed by atoms with Crippen molar-refractivity contribution >= 4 is 17.5 Å². The van der Waals surface area contributed by atoms with E-state index in [-0.39, 0.29) is 17.7 Å². The van der Waals surface area contributed by atoms with Crippen LogP contribution < -0.4 is 4.90 Å². The molecule has 146 valence electrons. The standard InChI is InChI=1S/C24H28N2O2/c1-18-7-5-6-10-22(18)26-17-21(16-23(26)27)24(28)25-13-11-20(12-14-25)15-19-8-3-2-4-9-19/h2-10,20-21H,11-17H2,1H3/t21-/m1/s1. The molecule has 4 rings (SSSR count). The number of anilines is 1. The summed E-state index contributed by atoms with van der Waals surface area (Å²) in [6.07, 6.45) is 3.51. The Kier molecular flexibility index (Phi) is 5.47. The van der Waals surface area contributed by atoms with Gasteiger partial charge in [0, 0.05) is 31.7 Å². The van der Waals surface area contributed by atoms with E-state index in [0.29, 0.717) is 18.9 Å². The maximum absolute atomic E-state index is 13.0. The van der Waals surface area contributed by atoms with Crippen molar-refractivity contribution in [3.05, 3.63) is 65.7 Å². The van der Waals surface area contributed by atoms with Crippen molar-refractivity contribution in [2.24, 2.45) is 11.8 Å². The molecule has 28 heavy (non-hydrogen) atoms. The quantitative estimate of drug-likeness (QED) is 0.814. The van der Waals surface area contributed by atoms with Gasteiger partial charge in [0.2, 0.25) is 11.8 Å². The molecule has 2 fully saturated rings. The van der Waals surface area contributed by atoms with Gasteiger partial charge >= 0.3 is 0 Å². The Hall–Kier alpha value is -2.62. The lowest BCUT2D eigenvalue weighted by Crippen LogP contribution is -2.42. The first-order valence-corrected chi connectivity index (χ1v) is 10.3. The Labute approximate surface area is 167 Å². The summed E-state index contributed by atoms with van der Waals surface area (Å²) in [4.78, 5) is 29.3. The third-order valence-corrected chi connectivity index (χ3v) is 6.17. The molecule has 2 saturated heterocycles. The third-order valence-electron chi connectivity index (χ3n) is 6.17. The molecule has 2 heterocycles. The first-order valence-electron chi connectivity index (χ1n) is 10.3. The van der Waals surface area contributed by atoms with Crippen LogP contribution in [0.1, 0.15) is 30.4 Å². The van der Waals surface area contributed by atoms with Gasteiger partial charge < -0.3 is 9.80 Å². The minimum absolute atomic E-state index is 0.0617. The molecular formula is C24H28N2O2. The summed E-state index contributed by atoms with van der Waals surface area (Å²) in [5, 5.41) is 0. The molecule has 0 bridgehead atoms. The fourth-order valence-electron chi connectivity index (χ4n) is 4.54. The van der Waals surface area contributed by atoms with E-state index in [1.165, 1.54) is 5.56 Å². The molecule has 0 N–H and O–H groups in total. The Morgan fingerprint density at radius 3 is 2.39 bits per heavy atom. The fraction of sp³-hybridized carbons (Fsp3) is 0.417. The van der Waals surface area contributed by atoms with Crippen molar-refractivity contribution in [3.8, 4) is 0 Å². The molecule has 0 radical (unpaired) electrons. The maximum atomic E-state index is 13.0. The van der Waals surface area contributed by atoms with Crippen LogP contribution >= 0.6 is 0 Å². The third kappa shape index (κ3) is 3.96. The summed E-state index contributed by atoms with van der Waals surface area (Å²) in [6.45, 7) is 4.14. The number of aryl methyl sites for hydroxylation is 1. The Bertz CT molecular complexity index is 841. The normalized spacial score (nSPS) is 20.6. The van der Waals surface area contributed by atoms with Gasteiger partial charge in [0.25, 0.3) is 0 Å². The zero-order valence-electron chi connectivity index (χ0n) is 16.5. The zero-order chi connectivity index (χ0) is 19.5. The highest BCUT2D eigenvalue weighted by Gasteiger charge is 2.38. The molecule has 0 saturated carbocycles. The molecule has 1 atom stereocenters. The van der Waals surface area contributed by atoms with Gasteiger partial charge in [-0.3, -0.25) is 9.59 Å². The predicted octanol–water partition coefficient (Wildman–Crippen LogP) is 3.83. The summed E-state index contributed by atoms with van der Waals surface area (Å²) >= 11 is 0. The molecular weight excluding hydrogens is 348 g/mol. The lowest BCUT2D eigenvalue weighted by molar-refractivity contribution is -0.137. The largest absolute Gasteiger partial charge is 0.342 e. The van der Waals surface area contributed by atoms with E-state index in [2.05, 4.69) is 24.3 Å². The number of carbonyl (C=O) groups excluding carboxylic acids is 2. The lowest BCUT2D eigenvalue weighted by Gasteiger charge is -2.33. The molecule has 2 amide bonds. The summed E-state index contributed by atoms with van der Waals surface area (Å²) in [5.74, 6) is 0.645. The molecule has 2 aromatic carbocycles. The van der Waals surface area contributed by atoms with Gasteiger partial charge in [-0.15, -0.1) is 0 Å². The van der Waals surface area contributed by atoms with Gasteiger partial charge in [-0.2, -0.15) is 0 Å². The van der Waals surface area contributed by atoms with Crippen LogP contribution in [0.15, 0.2) is 54.6 Å². The summed E-state index contributed by atoms with van der Waals surface area (Å²) < 4.78 is 0. The van der Waals surface area contributed by atoms with E-state index in [1.54, 1.807) is 4.90 Å². The molecule has 4 nitrogen and oxygen atoms in total.